The summed E-state index contributed by atoms with van der Waals surface area (Å²) in [6, 6.07) is 18.7. The van der Waals surface area contributed by atoms with E-state index in [2.05, 4.69) is 19.9 Å². The van der Waals surface area contributed by atoms with Gasteiger partial charge in [0, 0.05) is 22.8 Å². The molecule has 1 aliphatic carbocycles. The summed E-state index contributed by atoms with van der Waals surface area (Å²) in [6.45, 7) is 2.45. The van der Waals surface area contributed by atoms with Crippen molar-refractivity contribution < 1.29 is 21.8 Å². The maximum Gasteiger partial charge on any atom is 0.416 e. The number of aromatic nitrogens is 5. The summed E-state index contributed by atoms with van der Waals surface area (Å²) < 4.78 is 72.2. The van der Waals surface area contributed by atoms with Crippen molar-refractivity contribution in [1.29, 1.82) is 0 Å². The zero-order valence-corrected chi connectivity index (χ0v) is 28.8. The van der Waals surface area contributed by atoms with Crippen LogP contribution in [-0.4, -0.2) is 34.3 Å². The standard InChI is InChI=1S/C34H32F4N6O2S3/c1-2-49(46,47)39-18-30-41-42-31(44(30)19-22-6-10-24(11-7-22)25-12-14-26(15-13-25)34(36,37)38)20-43-29-5-3-4-28(29)32(45)40-33(43)48-21-23-8-16-27(35)17-9-23/h6-17,39H,2-5,18-21H2,1H3. The SMILES string of the molecule is CCS(=O)(=S)NCc1nnc(Cn2c(SCc3ccc(F)cc3)nc(=O)c3c2CCC3)n1Cc1ccc(-c2ccc(C(F)(F)F)cc2)cc1. The molecule has 0 bridgehead atoms. The zero-order chi connectivity index (χ0) is 34.8. The van der Waals surface area contributed by atoms with Crippen LogP contribution < -0.4 is 10.3 Å². The second-order valence-corrected chi connectivity index (χ2v) is 16.2. The molecular formula is C34H32F4N6O2S3. The van der Waals surface area contributed by atoms with Gasteiger partial charge >= 0.3 is 6.18 Å². The lowest BCUT2D eigenvalue weighted by atomic mass is 10.0. The van der Waals surface area contributed by atoms with Gasteiger partial charge in [-0.25, -0.2) is 13.3 Å². The number of fused-ring (bicyclic) bond motifs is 1. The normalized spacial score (nSPS) is 14.1. The highest BCUT2D eigenvalue weighted by atomic mass is 32.8. The highest BCUT2D eigenvalue weighted by Crippen LogP contribution is 2.31. The van der Waals surface area contributed by atoms with Crippen molar-refractivity contribution in [3.8, 4) is 11.1 Å². The van der Waals surface area contributed by atoms with Gasteiger partial charge in [0.1, 0.15) is 11.6 Å². The summed E-state index contributed by atoms with van der Waals surface area (Å²) >= 11 is 6.59. The zero-order valence-electron chi connectivity index (χ0n) is 26.4. The second kappa shape index (κ2) is 14.5. The van der Waals surface area contributed by atoms with Crippen molar-refractivity contribution >= 4 is 31.6 Å². The van der Waals surface area contributed by atoms with Gasteiger partial charge in [-0.15, -0.1) is 10.2 Å². The van der Waals surface area contributed by atoms with Crippen molar-refractivity contribution in [3.05, 3.63) is 129 Å². The van der Waals surface area contributed by atoms with Crippen molar-refractivity contribution in [2.45, 2.75) is 62.9 Å². The lowest BCUT2D eigenvalue weighted by molar-refractivity contribution is -0.137. The van der Waals surface area contributed by atoms with E-state index in [0.717, 1.165) is 40.9 Å². The van der Waals surface area contributed by atoms with E-state index in [-0.39, 0.29) is 30.2 Å². The second-order valence-electron chi connectivity index (χ2n) is 11.6. The van der Waals surface area contributed by atoms with E-state index in [9.17, 15) is 26.6 Å². The molecule has 8 nitrogen and oxygen atoms in total. The molecule has 0 saturated heterocycles. The van der Waals surface area contributed by atoms with E-state index >= 15 is 0 Å². The predicted octanol–water partition coefficient (Wildman–Crippen LogP) is 6.31. The van der Waals surface area contributed by atoms with Crippen molar-refractivity contribution in [2.75, 3.05) is 5.75 Å². The van der Waals surface area contributed by atoms with Gasteiger partial charge in [-0.05, 0) is 77.0 Å². The Labute approximate surface area is 289 Å². The molecule has 1 aliphatic rings. The maximum absolute atomic E-state index is 13.5. The molecule has 256 valence electrons. The largest absolute Gasteiger partial charge is 0.416 e. The van der Waals surface area contributed by atoms with Gasteiger partial charge in [0.25, 0.3) is 5.56 Å². The Bertz CT molecular complexity index is 2110. The molecule has 1 N–H and O–H groups in total. The van der Waals surface area contributed by atoms with Crippen LogP contribution in [0.2, 0.25) is 0 Å². The predicted molar refractivity (Wildman–Crippen MR) is 184 cm³/mol. The lowest BCUT2D eigenvalue weighted by Crippen LogP contribution is -2.26. The molecule has 1 atom stereocenters. The minimum atomic E-state index is -4.41. The van der Waals surface area contributed by atoms with Crippen LogP contribution in [0.15, 0.2) is 82.7 Å². The summed E-state index contributed by atoms with van der Waals surface area (Å²) in [5.41, 5.74) is 3.80. The summed E-state index contributed by atoms with van der Waals surface area (Å²) in [7, 11) is -2.71. The summed E-state index contributed by atoms with van der Waals surface area (Å²) in [5.74, 6) is 1.51. The number of nitrogens with one attached hydrogen (secondary N) is 1. The highest BCUT2D eigenvalue weighted by Gasteiger charge is 2.30. The average molecular weight is 729 g/mol. The van der Waals surface area contributed by atoms with Crippen molar-refractivity contribution in [3.63, 3.8) is 0 Å². The minimum Gasteiger partial charge on any atom is -0.316 e. The van der Waals surface area contributed by atoms with Gasteiger partial charge in [0.05, 0.1) is 33.9 Å². The number of hydrogen-bond donors (Lipinski definition) is 1. The fraction of sp³-hybridized carbons (Fsp3) is 0.294. The van der Waals surface area contributed by atoms with Gasteiger partial charge in [0.15, 0.2) is 11.0 Å². The van der Waals surface area contributed by atoms with Crippen LogP contribution in [0.25, 0.3) is 11.1 Å². The number of benzene rings is 3. The maximum atomic E-state index is 13.5. The number of alkyl halides is 3. The molecule has 2 aromatic heterocycles. The number of hydrogen-bond acceptors (Lipinski definition) is 7. The molecule has 0 radical (unpaired) electrons. The van der Waals surface area contributed by atoms with Gasteiger partial charge < -0.3 is 9.13 Å². The van der Waals surface area contributed by atoms with E-state index in [1.54, 1.807) is 19.1 Å². The van der Waals surface area contributed by atoms with Gasteiger partial charge in [-0.2, -0.15) is 18.2 Å². The van der Waals surface area contributed by atoms with E-state index < -0.39 is 20.4 Å². The first-order valence-corrected chi connectivity index (χ1v) is 19.2. The molecule has 3 aromatic carbocycles. The molecule has 0 spiro atoms. The van der Waals surface area contributed by atoms with Gasteiger partial charge in [-0.1, -0.05) is 67.2 Å². The summed E-state index contributed by atoms with van der Waals surface area (Å²) in [5, 5.41) is 9.47. The molecule has 49 heavy (non-hydrogen) atoms. The van der Waals surface area contributed by atoms with E-state index in [1.165, 1.54) is 36.0 Å². The van der Waals surface area contributed by atoms with Crippen LogP contribution in [0.3, 0.4) is 0 Å². The van der Waals surface area contributed by atoms with Crippen molar-refractivity contribution in [2.24, 2.45) is 0 Å². The Morgan fingerprint density at radius 3 is 2.16 bits per heavy atom. The molecule has 5 aromatic rings. The Hall–Kier alpha value is -3.92. The first kappa shape index (κ1) is 34.9. The molecule has 2 heterocycles. The number of rotatable bonds is 12. The molecule has 0 amide bonds. The fourth-order valence-corrected chi connectivity index (χ4v) is 7.34. The van der Waals surface area contributed by atoms with Crippen LogP contribution in [-0.2, 0) is 64.3 Å². The van der Waals surface area contributed by atoms with Crippen molar-refractivity contribution in [1.82, 2.24) is 29.0 Å². The molecule has 1 unspecified atom stereocenters. The lowest BCUT2D eigenvalue weighted by Gasteiger charge is -2.18. The molecule has 0 fully saturated rings. The molecule has 6 rings (SSSR count). The third-order valence-corrected chi connectivity index (χ3v) is 11.8. The highest BCUT2D eigenvalue weighted by molar-refractivity contribution is 8.31. The smallest absolute Gasteiger partial charge is 0.316 e. The molecule has 0 saturated carbocycles. The van der Waals surface area contributed by atoms with Gasteiger partial charge in [0.2, 0.25) is 0 Å². The monoisotopic (exact) mass is 728 g/mol. The van der Waals surface area contributed by atoms with E-state index in [4.69, 9.17) is 11.2 Å². The molecule has 0 aliphatic heterocycles. The minimum absolute atomic E-state index is 0.111. The van der Waals surface area contributed by atoms with E-state index in [1.807, 2.05) is 33.4 Å². The third kappa shape index (κ3) is 8.28. The van der Waals surface area contributed by atoms with E-state index in [0.29, 0.717) is 53.1 Å². The first-order chi connectivity index (χ1) is 23.4. The van der Waals surface area contributed by atoms with Crippen LogP contribution in [0.1, 0.15) is 52.9 Å². The quantitative estimate of drug-likeness (QED) is 0.0915. The topological polar surface area (TPSA) is 94.7 Å². The van der Waals surface area contributed by atoms with Gasteiger partial charge in [-0.3, -0.25) is 4.79 Å². The fourth-order valence-electron chi connectivity index (χ4n) is 5.65. The first-order valence-electron chi connectivity index (χ1n) is 15.5. The average Bonchev–Trinajstić information content (AvgIpc) is 3.73. The Balaban J connectivity index is 1.32. The Kier molecular flexibility index (Phi) is 10.3. The number of halogens is 4. The Morgan fingerprint density at radius 2 is 1.51 bits per heavy atom. The van der Waals surface area contributed by atoms with Crippen LogP contribution in [0, 0.1) is 5.82 Å². The third-order valence-electron chi connectivity index (χ3n) is 8.36. The van der Waals surface area contributed by atoms with Crippen LogP contribution >= 0.6 is 11.8 Å². The summed E-state index contributed by atoms with van der Waals surface area (Å²) in [4.78, 5) is 17.4. The summed E-state index contributed by atoms with van der Waals surface area (Å²) in [6.07, 6.45) is -2.23. The number of thioether (sulfide) groups is 1. The Morgan fingerprint density at radius 1 is 0.878 bits per heavy atom. The molecule has 15 heteroatoms. The van der Waals surface area contributed by atoms with Crippen LogP contribution in [0.4, 0.5) is 17.6 Å². The number of nitrogens with zero attached hydrogens (tertiary/aromatic N) is 5. The van der Waals surface area contributed by atoms with Crippen LogP contribution in [0.5, 0.6) is 0 Å². The molecular weight excluding hydrogens is 697 g/mol.